The molecule has 9 heteroatoms. The number of hydrogen-bond donors (Lipinski definition) is 2. The minimum absolute atomic E-state index is 0.0115. The number of nitrogens with zero attached hydrogens (tertiary/aromatic N) is 4. The molecule has 2 heterocycles. The third-order valence-electron chi connectivity index (χ3n) is 4.75. The number of carbonyl (C=O) groups is 1. The van der Waals surface area contributed by atoms with Gasteiger partial charge in [0.25, 0.3) is 0 Å². The van der Waals surface area contributed by atoms with E-state index in [-0.39, 0.29) is 30.1 Å². The number of anilines is 3. The molecule has 0 radical (unpaired) electrons. The highest BCUT2D eigenvalue weighted by Crippen LogP contribution is 2.38. The van der Waals surface area contributed by atoms with Crippen LogP contribution >= 0.6 is 0 Å². The molecule has 2 aromatic heterocycles. The Morgan fingerprint density at radius 2 is 1.97 bits per heavy atom. The average Bonchev–Trinajstić information content (AvgIpc) is 3.46. The summed E-state index contributed by atoms with van der Waals surface area (Å²) in [6.07, 6.45) is 2.28. The minimum Gasteiger partial charge on any atom is -0.454 e. The van der Waals surface area contributed by atoms with Gasteiger partial charge in [-0.1, -0.05) is 0 Å². The summed E-state index contributed by atoms with van der Waals surface area (Å²) in [5.41, 5.74) is 8.82. The molecule has 1 fully saturated rings. The summed E-state index contributed by atoms with van der Waals surface area (Å²) < 4.78 is 20.6. The van der Waals surface area contributed by atoms with Gasteiger partial charge in [0, 0.05) is 23.1 Å². The summed E-state index contributed by atoms with van der Waals surface area (Å²) in [5, 5.41) is 2.92. The smallest absolute Gasteiger partial charge is 0.340 e. The first-order valence-corrected chi connectivity index (χ1v) is 9.29. The number of nitrogens with two attached hydrogens (primary N) is 1. The van der Waals surface area contributed by atoms with Crippen molar-refractivity contribution in [3.05, 3.63) is 58.9 Å². The van der Waals surface area contributed by atoms with E-state index in [9.17, 15) is 9.18 Å². The van der Waals surface area contributed by atoms with Gasteiger partial charge in [0.2, 0.25) is 11.9 Å². The number of aryl methyl sites for hydroxylation is 1. The standard InChI is InChI=1S/C20H21FN6O2/c1-11-9-16(12(2)27(11)15-7-8-15)18(28)29-10-17-24-19(22)26-20(25-17)23-14-5-3-13(21)4-6-14/h3-6,9,15H,7-8,10H2,1-2H3,(H3,22,23,24,25,26). The minimum atomic E-state index is -0.433. The van der Waals surface area contributed by atoms with Crippen LogP contribution in [0.4, 0.5) is 22.0 Å². The second kappa shape index (κ2) is 7.50. The van der Waals surface area contributed by atoms with E-state index < -0.39 is 5.97 Å². The molecular formula is C20H21FN6O2. The summed E-state index contributed by atoms with van der Waals surface area (Å²) in [6, 6.07) is 8.05. The van der Waals surface area contributed by atoms with E-state index in [0.717, 1.165) is 24.2 Å². The van der Waals surface area contributed by atoms with Crippen LogP contribution in [0, 0.1) is 19.7 Å². The van der Waals surface area contributed by atoms with E-state index >= 15 is 0 Å². The quantitative estimate of drug-likeness (QED) is 0.614. The van der Waals surface area contributed by atoms with Crippen LogP contribution in [0.2, 0.25) is 0 Å². The first kappa shape index (κ1) is 18.9. The topological polar surface area (TPSA) is 108 Å². The monoisotopic (exact) mass is 396 g/mol. The van der Waals surface area contributed by atoms with Gasteiger partial charge in [-0.15, -0.1) is 0 Å². The molecule has 1 aliphatic carbocycles. The van der Waals surface area contributed by atoms with Crippen molar-refractivity contribution in [3.8, 4) is 0 Å². The van der Waals surface area contributed by atoms with Crippen LogP contribution < -0.4 is 11.1 Å². The molecule has 1 aromatic carbocycles. The Hall–Kier alpha value is -3.49. The maximum absolute atomic E-state index is 13.0. The highest BCUT2D eigenvalue weighted by Gasteiger charge is 2.28. The Balaban J connectivity index is 1.45. The van der Waals surface area contributed by atoms with Crippen molar-refractivity contribution >= 4 is 23.6 Å². The summed E-state index contributed by atoms with van der Waals surface area (Å²) in [6.45, 7) is 3.77. The van der Waals surface area contributed by atoms with Gasteiger partial charge in [0.15, 0.2) is 12.4 Å². The fourth-order valence-corrected chi connectivity index (χ4v) is 3.31. The molecule has 0 spiro atoms. The molecule has 0 bridgehead atoms. The normalized spacial score (nSPS) is 13.3. The molecule has 1 saturated carbocycles. The van der Waals surface area contributed by atoms with E-state index in [2.05, 4.69) is 24.8 Å². The van der Waals surface area contributed by atoms with E-state index in [1.165, 1.54) is 12.1 Å². The highest BCUT2D eigenvalue weighted by molar-refractivity contribution is 5.91. The fourth-order valence-electron chi connectivity index (χ4n) is 3.31. The van der Waals surface area contributed by atoms with Crippen LogP contribution in [-0.2, 0) is 11.3 Å². The Bertz CT molecular complexity index is 1060. The largest absolute Gasteiger partial charge is 0.454 e. The van der Waals surface area contributed by atoms with Crippen LogP contribution in [0.5, 0.6) is 0 Å². The first-order valence-electron chi connectivity index (χ1n) is 9.29. The van der Waals surface area contributed by atoms with Crippen molar-refractivity contribution < 1.29 is 13.9 Å². The third-order valence-corrected chi connectivity index (χ3v) is 4.75. The van der Waals surface area contributed by atoms with Crippen molar-refractivity contribution in [1.82, 2.24) is 19.5 Å². The molecule has 1 aliphatic rings. The van der Waals surface area contributed by atoms with Gasteiger partial charge >= 0.3 is 5.97 Å². The summed E-state index contributed by atoms with van der Waals surface area (Å²) in [4.78, 5) is 24.8. The van der Waals surface area contributed by atoms with Crippen LogP contribution in [0.25, 0.3) is 0 Å². The number of aromatic nitrogens is 4. The second-order valence-electron chi connectivity index (χ2n) is 7.03. The average molecular weight is 396 g/mol. The van der Waals surface area contributed by atoms with E-state index in [0.29, 0.717) is 17.3 Å². The molecule has 29 heavy (non-hydrogen) atoms. The molecule has 8 nitrogen and oxygen atoms in total. The van der Waals surface area contributed by atoms with Gasteiger partial charge in [-0.05, 0) is 57.0 Å². The molecule has 0 atom stereocenters. The lowest BCUT2D eigenvalue weighted by molar-refractivity contribution is 0.0461. The highest BCUT2D eigenvalue weighted by atomic mass is 19.1. The zero-order chi connectivity index (χ0) is 20.5. The lowest BCUT2D eigenvalue weighted by atomic mass is 10.2. The number of halogens is 1. The number of hydrogen-bond acceptors (Lipinski definition) is 7. The molecule has 0 unspecified atom stereocenters. The van der Waals surface area contributed by atoms with Gasteiger partial charge in [-0.2, -0.15) is 15.0 Å². The van der Waals surface area contributed by atoms with Gasteiger partial charge in [0.05, 0.1) is 5.56 Å². The van der Waals surface area contributed by atoms with Gasteiger partial charge < -0.3 is 20.4 Å². The molecule has 150 valence electrons. The van der Waals surface area contributed by atoms with Crippen molar-refractivity contribution in [2.45, 2.75) is 39.3 Å². The summed E-state index contributed by atoms with van der Waals surface area (Å²) >= 11 is 0. The van der Waals surface area contributed by atoms with Crippen LogP contribution in [-0.4, -0.2) is 25.5 Å². The number of ether oxygens (including phenoxy) is 1. The molecular weight excluding hydrogens is 375 g/mol. The molecule has 4 rings (SSSR count). The SMILES string of the molecule is Cc1cc(C(=O)OCc2nc(N)nc(Nc3ccc(F)cc3)n2)c(C)n1C1CC1. The second-order valence-corrected chi connectivity index (χ2v) is 7.03. The Morgan fingerprint density at radius 1 is 1.24 bits per heavy atom. The van der Waals surface area contributed by atoms with Crippen LogP contribution in [0.1, 0.15) is 46.5 Å². The van der Waals surface area contributed by atoms with Crippen LogP contribution in [0.3, 0.4) is 0 Å². The predicted octanol–water partition coefficient (Wildman–Crippen LogP) is 3.45. The van der Waals surface area contributed by atoms with E-state index in [1.54, 1.807) is 12.1 Å². The van der Waals surface area contributed by atoms with Gasteiger partial charge in [-0.3, -0.25) is 0 Å². The zero-order valence-corrected chi connectivity index (χ0v) is 16.1. The predicted molar refractivity (Wildman–Crippen MR) is 105 cm³/mol. The number of benzene rings is 1. The number of rotatable bonds is 6. The van der Waals surface area contributed by atoms with Crippen molar-refractivity contribution in [2.75, 3.05) is 11.1 Å². The van der Waals surface area contributed by atoms with Crippen molar-refractivity contribution in [1.29, 1.82) is 0 Å². The van der Waals surface area contributed by atoms with Gasteiger partial charge in [0.1, 0.15) is 5.82 Å². The first-order chi connectivity index (χ1) is 13.9. The molecule has 3 aromatic rings. The fraction of sp³-hybridized carbons (Fsp3) is 0.300. The Kier molecular flexibility index (Phi) is 4.87. The lowest BCUT2D eigenvalue weighted by Gasteiger charge is -2.09. The van der Waals surface area contributed by atoms with Crippen molar-refractivity contribution in [2.24, 2.45) is 0 Å². The molecule has 3 N–H and O–H groups in total. The third kappa shape index (κ3) is 4.18. The van der Waals surface area contributed by atoms with Crippen molar-refractivity contribution in [3.63, 3.8) is 0 Å². The van der Waals surface area contributed by atoms with Crippen LogP contribution in [0.15, 0.2) is 30.3 Å². The maximum atomic E-state index is 13.0. The van der Waals surface area contributed by atoms with E-state index in [4.69, 9.17) is 10.5 Å². The number of carbonyl (C=O) groups excluding carboxylic acids is 1. The Labute approximate surface area is 167 Å². The maximum Gasteiger partial charge on any atom is 0.340 e. The number of nitrogen functional groups attached to an aromatic ring is 1. The molecule has 0 saturated heterocycles. The Morgan fingerprint density at radius 3 is 2.66 bits per heavy atom. The lowest BCUT2D eigenvalue weighted by Crippen LogP contribution is -2.12. The summed E-state index contributed by atoms with van der Waals surface area (Å²) in [5.74, 6) is -0.396. The van der Waals surface area contributed by atoms with E-state index in [1.807, 2.05) is 19.9 Å². The number of nitrogens with one attached hydrogen (secondary N) is 1. The van der Waals surface area contributed by atoms with Gasteiger partial charge in [-0.25, -0.2) is 9.18 Å². The summed E-state index contributed by atoms with van der Waals surface area (Å²) in [7, 11) is 0. The molecule has 0 aliphatic heterocycles. The zero-order valence-electron chi connectivity index (χ0n) is 16.1. The molecule has 0 amide bonds. The number of esters is 1.